The summed E-state index contributed by atoms with van der Waals surface area (Å²) in [4.78, 5) is 3.72. The Bertz CT molecular complexity index is 632. The molecule has 9 heteroatoms. The second-order valence-electron chi connectivity index (χ2n) is 3.64. The van der Waals surface area contributed by atoms with Gasteiger partial charge >= 0.3 is 0 Å². The van der Waals surface area contributed by atoms with E-state index in [4.69, 9.17) is 5.84 Å². The second-order valence-corrected chi connectivity index (χ2v) is 3.64. The number of hydrazine groups is 1. The Balaban J connectivity index is 2.48. The van der Waals surface area contributed by atoms with Crippen molar-refractivity contribution in [1.29, 1.82) is 0 Å². The zero-order valence-electron chi connectivity index (χ0n) is 9.65. The lowest BCUT2D eigenvalue weighted by Crippen LogP contribution is -2.09. The molecule has 0 saturated carbocycles. The number of benzene rings is 1. The van der Waals surface area contributed by atoms with Gasteiger partial charge in [-0.3, -0.25) is 0 Å². The van der Waals surface area contributed by atoms with Crippen LogP contribution in [0.5, 0.6) is 0 Å². The molecule has 4 nitrogen and oxygen atoms in total. The Morgan fingerprint density at radius 2 is 1.45 bits per heavy atom. The highest BCUT2D eigenvalue weighted by atomic mass is 19.2. The van der Waals surface area contributed by atoms with Crippen LogP contribution < -0.4 is 16.6 Å². The van der Waals surface area contributed by atoms with E-state index in [1.807, 2.05) is 0 Å². The SMILES string of the molecule is NNc1cc(Nc2c(F)c(F)c(F)c(F)c2F)ccn1. The first-order chi connectivity index (χ1) is 9.45. The highest BCUT2D eigenvalue weighted by Crippen LogP contribution is 2.29. The van der Waals surface area contributed by atoms with Gasteiger partial charge in [-0.1, -0.05) is 0 Å². The van der Waals surface area contributed by atoms with Gasteiger partial charge in [0.1, 0.15) is 11.5 Å². The van der Waals surface area contributed by atoms with Crippen LogP contribution in [-0.4, -0.2) is 4.98 Å². The van der Waals surface area contributed by atoms with Crippen LogP contribution in [0.2, 0.25) is 0 Å². The highest BCUT2D eigenvalue weighted by Gasteiger charge is 2.25. The molecule has 2 aromatic rings. The number of anilines is 3. The number of nitrogens with zero attached hydrogens (tertiary/aromatic N) is 1. The van der Waals surface area contributed by atoms with Gasteiger partial charge in [0, 0.05) is 18.0 Å². The van der Waals surface area contributed by atoms with E-state index < -0.39 is 34.8 Å². The third kappa shape index (κ3) is 2.35. The molecule has 0 atom stereocenters. The number of halogens is 5. The summed E-state index contributed by atoms with van der Waals surface area (Å²) in [5, 5.41) is 2.09. The lowest BCUT2D eigenvalue weighted by atomic mass is 10.2. The molecule has 1 aromatic heterocycles. The first-order valence-corrected chi connectivity index (χ1v) is 5.16. The third-order valence-electron chi connectivity index (χ3n) is 2.39. The molecule has 2 rings (SSSR count). The summed E-state index contributed by atoms with van der Waals surface area (Å²) in [5.41, 5.74) is 1.05. The van der Waals surface area contributed by atoms with Gasteiger partial charge in [-0.2, -0.15) is 0 Å². The van der Waals surface area contributed by atoms with Crippen molar-refractivity contribution < 1.29 is 22.0 Å². The summed E-state index contributed by atoms with van der Waals surface area (Å²) in [5.74, 6) is -4.97. The molecule has 106 valence electrons. The first-order valence-electron chi connectivity index (χ1n) is 5.16. The fraction of sp³-hybridized carbons (Fsp3) is 0. The minimum Gasteiger partial charge on any atom is -0.350 e. The molecular weight excluding hydrogens is 283 g/mol. The number of aromatic nitrogens is 1. The lowest BCUT2D eigenvalue weighted by Gasteiger charge is -2.11. The molecule has 1 aromatic carbocycles. The van der Waals surface area contributed by atoms with Crippen molar-refractivity contribution in [3.8, 4) is 0 Å². The molecule has 0 saturated heterocycles. The van der Waals surface area contributed by atoms with E-state index in [1.165, 1.54) is 18.3 Å². The van der Waals surface area contributed by atoms with E-state index in [0.717, 1.165) is 0 Å². The number of hydrogen-bond acceptors (Lipinski definition) is 4. The molecule has 0 bridgehead atoms. The lowest BCUT2D eigenvalue weighted by molar-refractivity contribution is 0.382. The largest absolute Gasteiger partial charge is 0.350 e. The van der Waals surface area contributed by atoms with Crippen molar-refractivity contribution in [3.05, 3.63) is 47.4 Å². The Hall–Kier alpha value is -2.42. The van der Waals surface area contributed by atoms with Crippen molar-refractivity contribution in [2.45, 2.75) is 0 Å². The van der Waals surface area contributed by atoms with Gasteiger partial charge in [-0.25, -0.2) is 32.8 Å². The molecule has 0 fully saturated rings. The predicted molar refractivity (Wildman–Crippen MR) is 61.6 cm³/mol. The van der Waals surface area contributed by atoms with E-state index in [2.05, 4.69) is 15.7 Å². The summed E-state index contributed by atoms with van der Waals surface area (Å²) in [6.45, 7) is 0. The average molecular weight is 290 g/mol. The molecular formula is C11H7F5N4. The quantitative estimate of drug-likeness (QED) is 0.267. The van der Waals surface area contributed by atoms with Gasteiger partial charge in [-0.05, 0) is 6.07 Å². The molecule has 0 unspecified atom stereocenters. The summed E-state index contributed by atoms with van der Waals surface area (Å²) >= 11 is 0. The molecule has 0 amide bonds. The Kier molecular flexibility index (Phi) is 3.70. The molecule has 1 heterocycles. The van der Waals surface area contributed by atoms with Crippen molar-refractivity contribution >= 4 is 17.2 Å². The van der Waals surface area contributed by atoms with Crippen molar-refractivity contribution in [3.63, 3.8) is 0 Å². The number of nitrogens with two attached hydrogens (primary N) is 1. The summed E-state index contributed by atoms with van der Waals surface area (Å²) in [6, 6.07) is 2.48. The van der Waals surface area contributed by atoms with E-state index in [9.17, 15) is 22.0 Å². The Morgan fingerprint density at radius 3 is 2.00 bits per heavy atom. The van der Waals surface area contributed by atoms with E-state index in [-0.39, 0.29) is 11.5 Å². The minimum absolute atomic E-state index is 0.0381. The van der Waals surface area contributed by atoms with Crippen molar-refractivity contribution in [2.24, 2.45) is 5.84 Å². The van der Waals surface area contributed by atoms with Crippen molar-refractivity contribution in [2.75, 3.05) is 10.7 Å². The van der Waals surface area contributed by atoms with Crippen LogP contribution in [0.3, 0.4) is 0 Å². The van der Waals surface area contributed by atoms with Gasteiger partial charge in [0.15, 0.2) is 23.3 Å². The van der Waals surface area contributed by atoms with E-state index >= 15 is 0 Å². The average Bonchev–Trinajstić information content (AvgIpc) is 2.48. The van der Waals surface area contributed by atoms with Gasteiger partial charge in [0.25, 0.3) is 0 Å². The zero-order chi connectivity index (χ0) is 14.9. The molecule has 0 aliphatic carbocycles. The van der Waals surface area contributed by atoms with Crippen LogP contribution in [-0.2, 0) is 0 Å². The number of hydrogen-bond donors (Lipinski definition) is 3. The van der Waals surface area contributed by atoms with Crippen LogP contribution in [0.25, 0.3) is 0 Å². The van der Waals surface area contributed by atoms with E-state index in [1.54, 1.807) is 0 Å². The molecule has 0 spiro atoms. The van der Waals surface area contributed by atoms with Crippen LogP contribution in [0.4, 0.5) is 39.1 Å². The fourth-order valence-corrected chi connectivity index (χ4v) is 1.45. The van der Waals surface area contributed by atoms with E-state index in [0.29, 0.717) is 0 Å². The number of pyridine rings is 1. The maximum Gasteiger partial charge on any atom is 0.200 e. The maximum absolute atomic E-state index is 13.4. The molecule has 4 N–H and O–H groups in total. The number of nitrogen functional groups attached to an aromatic ring is 1. The number of rotatable bonds is 3. The zero-order valence-corrected chi connectivity index (χ0v) is 9.65. The normalized spacial score (nSPS) is 10.5. The topological polar surface area (TPSA) is 63.0 Å². The maximum atomic E-state index is 13.4. The van der Waals surface area contributed by atoms with Crippen molar-refractivity contribution in [1.82, 2.24) is 4.98 Å². The van der Waals surface area contributed by atoms with Crippen LogP contribution >= 0.6 is 0 Å². The Labute approximate surface area is 109 Å². The standard InChI is InChI=1S/C11H7F5N4/c12-6-7(13)9(15)11(10(16)8(6)14)19-4-1-2-18-5(3-4)20-17/h1-3H,17H2,(H2,18,19,20). The summed E-state index contributed by atoms with van der Waals surface area (Å²) in [6.07, 6.45) is 1.23. The van der Waals surface area contributed by atoms with Crippen LogP contribution in [0, 0.1) is 29.1 Å². The molecule has 20 heavy (non-hydrogen) atoms. The smallest absolute Gasteiger partial charge is 0.200 e. The molecule has 0 radical (unpaired) electrons. The monoisotopic (exact) mass is 290 g/mol. The number of nitrogens with one attached hydrogen (secondary N) is 2. The fourth-order valence-electron chi connectivity index (χ4n) is 1.45. The van der Waals surface area contributed by atoms with Crippen LogP contribution in [0.1, 0.15) is 0 Å². The summed E-state index contributed by atoms with van der Waals surface area (Å²) in [7, 11) is 0. The summed E-state index contributed by atoms with van der Waals surface area (Å²) < 4.78 is 65.7. The minimum atomic E-state index is -2.22. The molecule has 0 aliphatic rings. The van der Waals surface area contributed by atoms with Gasteiger partial charge in [0.2, 0.25) is 5.82 Å². The third-order valence-corrected chi connectivity index (χ3v) is 2.39. The Morgan fingerprint density at radius 1 is 0.900 bits per heavy atom. The van der Waals surface area contributed by atoms with Crippen LogP contribution in [0.15, 0.2) is 18.3 Å². The highest BCUT2D eigenvalue weighted by molar-refractivity contribution is 5.63. The van der Waals surface area contributed by atoms with Gasteiger partial charge in [0.05, 0.1) is 0 Å². The van der Waals surface area contributed by atoms with Gasteiger partial charge < -0.3 is 10.7 Å². The van der Waals surface area contributed by atoms with Gasteiger partial charge in [-0.15, -0.1) is 0 Å². The second kappa shape index (κ2) is 5.29. The molecule has 0 aliphatic heterocycles. The first kappa shape index (κ1) is 14.0. The predicted octanol–water partition coefficient (Wildman–Crippen LogP) is 2.81.